The lowest BCUT2D eigenvalue weighted by Crippen LogP contribution is -2.28. The molecule has 0 saturated heterocycles. The van der Waals surface area contributed by atoms with E-state index < -0.39 is 0 Å². The summed E-state index contributed by atoms with van der Waals surface area (Å²) in [5, 5.41) is 0. The quantitative estimate of drug-likeness (QED) is 0.597. The lowest BCUT2D eigenvalue weighted by Gasteiger charge is -2.28. The standard InChI is InChI=1S/C10H20O/c1-8(2)11-9-6-5-7-10(9,3)4/h8-9H,5-7H2,1-4H3. The summed E-state index contributed by atoms with van der Waals surface area (Å²) in [5.41, 5.74) is 0.421. The molecule has 1 rings (SSSR count). The molecule has 1 unspecified atom stereocenters. The van der Waals surface area contributed by atoms with Crippen LogP contribution in [0.5, 0.6) is 0 Å². The largest absolute Gasteiger partial charge is 0.375 e. The monoisotopic (exact) mass is 156 g/mol. The van der Waals surface area contributed by atoms with Crippen molar-refractivity contribution in [3.05, 3.63) is 0 Å². The van der Waals surface area contributed by atoms with Crippen LogP contribution in [0.25, 0.3) is 0 Å². The van der Waals surface area contributed by atoms with Gasteiger partial charge in [-0.1, -0.05) is 20.3 Å². The average Bonchev–Trinajstić information content (AvgIpc) is 2.10. The molecule has 0 aromatic rings. The van der Waals surface area contributed by atoms with E-state index in [2.05, 4.69) is 27.7 Å². The van der Waals surface area contributed by atoms with Crippen LogP contribution in [-0.2, 0) is 4.74 Å². The molecule has 0 bridgehead atoms. The Bertz CT molecular complexity index is 127. The summed E-state index contributed by atoms with van der Waals surface area (Å²) in [5.74, 6) is 0. The van der Waals surface area contributed by atoms with E-state index in [0.717, 1.165) is 0 Å². The summed E-state index contributed by atoms with van der Waals surface area (Å²) in [6.45, 7) is 8.86. The minimum Gasteiger partial charge on any atom is -0.375 e. The molecule has 1 fully saturated rings. The molecule has 1 aliphatic rings. The van der Waals surface area contributed by atoms with E-state index in [9.17, 15) is 0 Å². The van der Waals surface area contributed by atoms with Crippen LogP contribution in [-0.4, -0.2) is 12.2 Å². The van der Waals surface area contributed by atoms with Crippen molar-refractivity contribution in [3.63, 3.8) is 0 Å². The van der Waals surface area contributed by atoms with Crippen LogP contribution in [0.1, 0.15) is 47.0 Å². The number of ether oxygens (including phenoxy) is 1. The molecule has 1 atom stereocenters. The molecule has 66 valence electrons. The highest BCUT2D eigenvalue weighted by Crippen LogP contribution is 2.39. The van der Waals surface area contributed by atoms with E-state index >= 15 is 0 Å². The van der Waals surface area contributed by atoms with Crippen LogP contribution in [0.4, 0.5) is 0 Å². The third kappa shape index (κ3) is 2.19. The SMILES string of the molecule is CC(C)OC1CCCC1(C)C. The first-order valence-electron chi connectivity index (χ1n) is 4.68. The fraction of sp³-hybridized carbons (Fsp3) is 1.00. The maximum atomic E-state index is 5.83. The van der Waals surface area contributed by atoms with Crippen molar-refractivity contribution in [3.8, 4) is 0 Å². The molecule has 1 aliphatic carbocycles. The molecule has 1 saturated carbocycles. The van der Waals surface area contributed by atoms with E-state index in [1.165, 1.54) is 19.3 Å². The second-order valence-corrected chi connectivity index (χ2v) is 4.55. The van der Waals surface area contributed by atoms with Gasteiger partial charge in [-0.25, -0.2) is 0 Å². The fourth-order valence-electron chi connectivity index (χ4n) is 1.88. The van der Waals surface area contributed by atoms with Gasteiger partial charge >= 0.3 is 0 Å². The Balaban J connectivity index is 2.45. The molecule has 0 amide bonds. The summed E-state index contributed by atoms with van der Waals surface area (Å²) in [7, 11) is 0. The first-order chi connectivity index (χ1) is 5.02. The van der Waals surface area contributed by atoms with Crippen molar-refractivity contribution >= 4 is 0 Å². The Hall–Kier alpha value is -0.0400. The van der Waals surface area contributed by atoms with Crippen LogP contribution < -0.4 is 0 Å². The highest BCUT2D eigenvalue weighted by molar-refractivity contribution is 4.86. The van der Waals surface area contributed by atoms with Crippen LogP contribution in [0.2, 0.25) is 0 Å². The molecule has 0 heterocycles. The summed E-state index contributed by atoms with van der Waals surface area (Å²) in [4.78, 5) is 0. The van der Waals surface area contributed by atoms with Crippen LogP contribution in [0, 0.1) is 5.41 Å². The first-order valence-corrected chi connectivity index (χ1v) is 4.68. The molecule has 1 heteroatoms. The summed E-state index contributed by atoms with van der Waals surface area (Å²) >= 11 is 0. The highest BCUT2D eigenvalue weighted by atomic mass is 16.5. The van der Waals surface area contributed by atoms with E-state index in [1.807, 2.05) is 0 Å². The van der Waals surface area contributed by atoms with Gasteiger partial charge in [0.15, 0.2) is 0 Å². The van der Waals surface area contributed by atoms with Gasteiger partial charge in [-0.2, -0.15) is 0 Å². The smallest absolute Gasteiger partial charge is 0.0629 e. The van der Waals surface area contributed by atoms with Gasteiger partial charge in [0, 0.05) is 0 Å². The predicted molar refractivity (Wildman–Crippen MR) is 47.6 cm³/mol. The lowest BCUT2D eigenvalue weighted by molar-refractivity contribution is -0.0409. The third-order valence-corrected chi connectivity index (χ3v) is 2.60. The Morgan fingerprint density at radius 3 is 2.36 bits per heavy atom. The minimum absolute atomic E-state index is 0.386. The molecule has 0 spiro atoms. The summed E-state index contributed by atoms with van der Waals surface area (Å²) < 4.78 is 5.83. The molecule has 0 aromatic carbocycles. The molecule has 11 heavy (non-hydrogen) atoms. The van der Waals surface area contributed by atoms with Gasteiger partial charge in [-0.3, -0.25) is 0 Å². The van der Waals surface area contributed by atoms with Crippen molar-refractivity contribution < 1.29 is 4.74 Å². The van der Waals surface area contributed by atoms with E-state index in [0.29, 0.717) is 17.6 Å². The maximum absolute atomic E-state index is 5.83. The Kier molecular flexibility index (Phi) is 2.58. The number of hydrogen-bond donors (Lipinski definition) is 0. The topological polar surface area (TPSA) is 9.23 Å². The van der Waals surface area contributed by atoms with Gasteiger partial charge in [0.05, 0.1) is 12.2 Å². The predicted octanol–water partition coefficient (Wildman–Crippen LogP) is 2.99. The van der Waals surface area contributed by atoms with E-state index in [4.69, 9.17) is 4.74 Å². The molecule has 1 nitrogen and oxygen atoms in total. The van der Waals surface area contributed by atoms with Gasteiger partial charge in [-0.05, 0) is 32.1 Å². The fourth-order valence-corrected chi connectivity index (χ4v) is 1.88. The minimum atomic E-state index is 0.386. The molecule has 0 aliphatic heterocycles. The van der Waals surface area contributed by atoms with Crippen molar-refractivity contribution in [1.29, 1.82) is 0 Å². The van der Waals surface area contributed by atoms with Gasteiger partial charge in [0.1, 0.15) is 0 Å². The molecular weight excluding hydrogens is 136 g/mol. The van der Waals surface area contributed by atoms with Gasteiger partial charge in [0.25, 0.3) is 0 Å². The third-order valence-electron chi connectivity index (χ3n) is 2.60. The van der Waals surface area contributed by atoms with Crippen molar-refractivity contribution in [1.82, 2.24) is 0 Å². The number of rotatable bonds is 2. The van der Waals surface area contributed by atoms with Crippen molar-refractivity contribution in [2.45, 2.75) is 59.2 Å². The molecule has 0 N–H and O–H groups in total. The van der Waals surface area contributed by atoms with E-state index in [-0.39, 0.29) is 0 Å². The van der Waals surface area contributed by atoms with Crippen molar-refractivity contribution in [2.24, 2.45) is 5.41 Å². The summed E-state index contributed by atoms with van der Waals surface area (Å²) in [6.07, 6.45) is 4.81. The number of hydrogen-bond acceptors (Lipinski definition) is 1. The van der Waals surface area contributed by atoms with E-state index in [1.54, 1.807) is 0 Å². The Morgan fingerprint density at radius 1 is 1.36 bits per heavy atom. The first kappa shape index (κ1) is 9.05. The molecular formula is C10H20O. The van der Waals surface area contributed by atoms with Gasteiger partial charge < -0.3 is 4.74 Å². The lowest BCUT2D eigenvalue weighted by atomic mass is 9.89. The molecule has 0 aromatic heterocycles. The summed E-state index contributed by atoms with van der Waals surface area (Å²) in [6, 6.07) is 0. The zero-order chi connectivity index (χ0) is 8.48. The second-order valence-electron chi connectivity index (χ2n) is 4.55. The zero-order valence-electron chi connectivity index (χ0n) is 8.18. The Morgan fingerprint density at radius 2 is 2.00 bits per heavy atom. The zero-order valence-corrected chi connectivity index (χ0v) is 8.18. The maximum Gasteiger partial charge on any atom is 0.0629 e. The second kappa shape index (κ2) is 3.14. The van der Waals surface area contributed by atoms with Gasteiger partial charge in [0.2, 0.25) is 0 Å². The van der Waals surface area contributed by atoms with Crippen molar-refractivity contribution in [2.75, 3.05) is 0 Å². The highest BCUT2D eigenvalue weighted by Gasteiger charge is 2.35. The Labute approximate surface area is 70.1 Å². The van der Waals surface area contributed by atoms with Crippen LogP contribution >= 0.6 is 0 Å². The van der Waals surface area contributed by atoms with Crippen LogP contribution in [0.3, 0.4) is 0 Å². The average molecular weight is 156 g/mol. The van der Waals surface area contributed by atoms with Crippen LogP contribution in [0.15, 0.2) is 0 Å². The van der Waals surface area contributed by atoms with Gasteiger partial charge in [-0.15, -0.1) is 0 Å². The molecule has 0 radical (unpaired) electrons. The normalized spacial score (nSPS) is 29.7.